The summed E-state index contributed by atoms with van der Waals surface area (Å²) in [6.07, 6.45) is 7.61. The number of fused-ring (bicyclic) bond motifs is 1. The number of carbonyl (C=O) groups is 4. The molecule has 1 saturated carbocycles. The van der Waals surface area contributed by atoms with Gasteiger partial charge in [0.2, 0.25) is 11.8 Å². The summed E-state index contributed by atoms with van der Waals surface area (Å²) in [7, 11) is 0. The number of nitrogens with one attached hydrogen (secondary N) is 1. The number of esters is 1. The summed E-state index contributed by atoms with van der Waals surface area (Å²) in [6, 6.07) is 1.04. The largest absolute Gasteiger partial charge is 0.454 e. The summed E-state index contributed by atoms with van der Waals surface area (Å²) in [5.41, 5.74) is -0.890. The average Bonchev–Trinajstić information content (AvgIpc) is 3.23. The lowest BCUT2D eigenvalue weighted by molar-refractivity contribution is -0.159. The van der Waals surface area contributed by atoms with Gasteiger partial charge in [0.15, 0.2) is 6.61 Å². The minimum absolute atomic E-state index is 0.363. The first kappa shape index (κ1) is 19.1. The number of nitriles is 1. The molecule has 0 aromatic heterocycles. The van der Waals surface area contributed by atoms with Gasteiger partial charge in [-0.15, -0.1) is 0 Å². The highest BCUT2D eigenvalue weighted by atomic mass is 16.5. The second-order valence-electron chi connectivity index (χ2n) is 7.44. The quantitative estimate of drug-likeness (QED) is 0.433. The van der Waals surface area contributed by atoms with E-state index in [2.05, 4.69) is 11.4 Å². The van der Waals surface area contributed by atoms with E-state index >= 15 is 0 Å². The molecule has 8 nitrogen and oxygen atoms in total. The lowest BCUT2D eigenvalue weighted by Gasteiger charge is -2.23. The van der Waals surface area contributed by atoms with Gasteiger partial charge >= 0.3 is 5.97 Å². The summed E-state index contributed by atoms with van der Waals surface area (Å²) in [5, 5.41) is 11.9. The van der Waals surface area contributed by atoms with Crippen molar-refractivity contribution in [2.24, 2.45) is 11.8 Å². The van der Waals surface area contributed by atoms with Gasteiger partial charge in [0, 0.05) is 0 Å². The van der Waals surface area contributed by atoms with Gasteiger partial charge in [-0.05, 0) is 45.4 Å². The Morgan fingerprint density at radius 3 is 2.33 bits per heavy atom. The van der Waals surface area contributed by atoms with Gasteiger partial charge in [-0.2, -0.15) is 5.26 Å². The Balaban J connectivity index is 1.55. The number of allylic oxidation sites excluding steroid dienone is 2. The molecule has 3 aliphatic rings. The van der Waals surface area contributed by atoms with E-state index < -0.39 is 41.9 Å². The molecule has 3 rings (SSSR count). The first-order valence-electron chi connectivity index (χ1n) is 9.29. The molecule has 1 N–H and O–H groups in total. The van der Waals surface area contributed by atoms with Crippen LogP contribution in [0.1, 0.15) is 45.4 Å². The van der Waals surface area contributed by atoms with Crippen LogP contribution in [-0.4, -0.2) is 46.8 Å². The fourth-order valence-corrected chi connectivity index (χ4v) is 4.12. The second-order valence-corrected chi connectivity index (χ2v) is 7.44. The highest BCUT2D eigenvalue weighted by Crippen LogP contribution is 2.36. The molecule has 8 heteroatoms. The zero-order valence-corrected chi connectivity index (χ0v) is 15.3. The second kappa shape index (κ2) is 7.51. The number of hydrogen-bond acceptors (Lipinski definition) is 6. The standard InChI is InChI=1S/C19H23N3O5/c1-12(22-16(24)13-6-2-3-7-14(13)17(22)25)18(26)27-10-15(23)21-19(11-20)8-4-5-9-19/h2-3,12-14H,4-10H2,1H3,(H,21,23)/t12-,13+,14+/m0/s1. The highest BCUT2D eigenvalue weighted by molar-refractivity contribution is 6.08. The maximum absolute atomic E-state index is 12.5. The van der Waals surface area contributed by atoms with E-state index in [1.807, 2.05) is 12.2 Å². The van der Waals surface area contributed by atoms with Crippen molar-refractivity contribution < 1.29 is 23.9 Å². The van der Waals surface area contributed by atoms with Crippen molar-refractivity contribution in [3.8, 4) is 6.07 Å². The highest BCUT2D eigenvalue weighted by Gasteiger charge is 2.50. The van der Waals surface area contributed by atoms with Crippen molar-refractivity contribution >= 4 is 23.7 Å². The fraction of sp³-hybridized carbons (Fsp3) is 0.632. The number of rotatable bonds is 5. The number of ether oxygens (including phenoxy) is 1. The van der Waals surface area contributed by atoms with Crippen LogP contribution in [-0.2, 0) is 23.9 Å². The first-order valence-corrected chi connectivity index (χ1v) is 9.29. The molecule has 0 radical (unpaired) electrons. The van der Waals surface area contributed by atoms with Gasteiger partial charge in [-0.25, -0.2) is 4.79 Å². The van der Waals surface area contributed by atoms with Crippen molar-refractivity contribution in [3.63, 3.8) is 0 Å². The predicted molar refractivity (Wildman–Crippen MR) is 92.6 cm³/mol. The molecule has 144 valence electrons. The minimum atomic E-state index is -1.08. The summed E-state index contributed by atoms with van der Waals surface area (Å²) in [4.78, 5) is 50.3. The van der Waals surface area contributed by atoms with Crippen molar-refractivity contribution in [1.29, 1.82) is 5.26 Å². The monoisotopic (exact) mass is 373 g/mol. The molecule has 2 fully saturated rings. The lowest BCUT2D eigenvalue weighted by Crippen LogP contribution is -2.48. The van der Waals surface area contributed by atoms with Gasteiger partial charge < -0.3 is 10.1 Å². The number of imide groups is 1. The Hall–Kier alpha value is -2.69. The molecular weight excluding hydrogens is 350 g/mol. The molecule has 27 heavy (non-hydrogen) atoms. The third-order valence-corrected chi connectivity index (χ3v) is 5.67. The molecule has 0 unspecified atom stereocenters. The van der Waals surface area contributed by atoms with Gasteiger partial charge in [0.05, 0.1) is 17.9 Å². The van der Waals surface area contributed by atoms with Crippen LogP contribution in [0.3, 0.4) is 0 Å². The Labute approximate surface area is 157 Å². The predicted octanol–water partition coefficient (Wildman–Crippen LogP) is 0.822. The number of hydrogen-bond donors (Lipinski definition) is 1. The van der Waals surface area contributed by atoms with Crippen LogP contribution in [0.15, 0.2) is 12.2 Å². The van der Waals surface area contributed by atoms with E-state index in [9.17, 15) is 24.4 Å². The Morgan fingerprint density at radius 2 is 1.81 bits per heavy atom. The molecule has 1 saturated heterocycles. The number of nitrogens with zero attached hydrogens (tertiary/aromatic N) is 2. The van der Waals surface area contributed by atoms with E-state index in [-0.39, 0.29) is 11.8 Å². The molecule has 3 amide bonds. The van der Waals surface area contributed by atoms with E-state index in [1.54, 1.807) is 0 Å². The molecule has 1 heterocycles. The average molecular weight is 373 g/mol. The van der Waals surface area contributed by atoms with Crippen LogP contribution >= 0.6 is 0 Å². The van der Waals surface area contributed by atoms with E-state index in [1.165, 1.54) is 6.92 Å². The molecule has 0 spiro atoms. The van der Waals surface area contributed by atoms with Gasteiger partial charge in [-0.3, -0.25) is 19.3 Å². The van der Waals surface area contributed by atoms with E-state index in [4.69, 9.17) is 4.74 Å². The first-order chi connectivity index (χ1) is 12.9. The summed E-state index contributed by atoms with van der Waals surface area (Å²) < 4.78 is 5.01. The van der Waals surface area contributed by atoms with E-state index in [0.29, 0.717) is 25.7 Å². The van der Waals surface area contributed by atoms with Crippen LogP contribution in [0.4, 0.5) is 0 Å². The Kier molecular flexibility index (Phi) is 5.31. The van der Waals surface area contributed by atoms with Crippen molar-refractivity contribution in [2.75, 3.05) is 6.61 Å². The summed E-state index contributed by atoms with van der Waals surface area (Å²) >= 11 is 0. The number of likely N-dealkylation sites (tertiary alicyclic amines) is 1. The normalized spacial score (nSPS) is 27.0. The van der Waals surface area contributed by atoms with Gasteiger partial charge in [-0.1, -0.05) is 12.2 Å². The van der Waals surface area contributed by atoms with Crippen molar-refractivity contribution in [3.05, 3.63) is 12.2 Å². The number of carbonyl (C=O) groups excluding carboxylic acids is 4. The maximum Gasteiger partial charge on any atom is 0.329 e. The Bertz CT molecular complexity index is 706. The van der Waals surface area contributed by atoms with Crippen molar-refractivity contribution in [2.45, 2.75) is 57.0 Å². The van der Waals surface area contributed by atoms with E-state index in [0.717, 1.165) is 17.7 Å². The third kappa shape index (κ3) is 3.59. The van der Waals surface area contributed by atoms with Crippen LogP contribution < -0.4 is 5.32 Å². The zero-order valence-electron chi connectivity index (χ0n) is 15.3. The maximum atomic E-state index is 12.5. The zero-order chi connectivity index (χ0) is 19.6. The van der Waals surface area contributed by atoms with Crippen LogP contribution in [0.25, 0.3) is 0 Å². The SMILES string of the molecule is C[C@@H](C(=O)OCC(=O)NC1(C#N)CCCC1)N1C(=O)[C@@H]2CC=CC[C@H]2C1=O. The summed E-state index contributed by atoms with van der Waals surface area (Å²) in [5.74, 6) is -2.93. The molecule has 0 aromatic carbocycles. The van der Waals surface area contributed by atoms with Crippen LogP contribution in [0.2, 0.25) is 0 Å². The number of amides is 3. The topological polar surface area (TPSA) is 117 Å². The summed E-state index contributed by atoms with van der Waals surface area (Å²) in [6.45, 7) is 0.881. The van der Waals surface area contributed by atoms with Crippen molar-refractivity contribution in [1.82, 2.24) is 10.2 Å². The molecule has 0 bridgehead atoms. The molecular formula is C19H23N3O5. The van der Waals surface area contributed by atoms with Gasteiger partial charge in [0.25, 0.3) is 5.91 Å². The lowest BCUT2D eigenvalue weighted by atomic mass is 9.85. The fourth-order valence-electron chi connectivity index (χ4n) is 4.12. The van der Waals surface area contributed by atoms with Gasteiger partial charge in [0.1, 0.15) is 11.6 Å². The third-order valence-electron chi connectivity index (χ3n) is 5.67. The minimum Gasteiger partial charge on any atom is -0.454 e. The Morgan fingerprint density at radius 1 is 1.26 bits per heavy atom. The van der Waals surface area contributed by atoms with Crippen LogP contribution in [0.5, 0.6) is 0 Å². The molecule has 0 aromatic rings. The molecule has 2 aliphatic carbocycles. The molecule has 3 atom stereocenters. The van der Waals surface area contributed by atoms with Crippen LogP contribution in [0, 0.1) is 23.2 Å². The molecule has 1 aliphatic heterocycles. The smallest absolute Gasteiger partial charge is 0.329 e.